The normalized spacial score (nSPS) is 14.9. The molecule has 2 aromatic rings. The van der Waals surface area contributed by atoms with E-state index in [0.29, 0.717) is 6.54 Å². The predicted octanol–water partition coefficient (Wildman–Crippen LogP) is 2.54. The first-order valence-electron chi connectivity index (χ1n) is 11.7. The lowest BCUT2D eigenvalue weighted by Gasteiger charge is -2.30. The van der Waals surface area contributed by atoms with E-state index >= 15 is 0 Å². The summed E-state index contributed by atoms with van der Waals surface area (Å²) in [5, 5.41) is 12.2. The van der Waals surface area contributed by atoms with Crippen LogP contribution in [0, 0.1) is 0 Å². The lowest BCUT2D eigenvalue weighted by Crippen LogP contribution is -2.48. The van der Waals surface area contributed by atoms with Crippen LogP contribution in [0.15, 0.2) is 48.5 Å². The molecule has 2 N–H and O–H groups in total. The van der Waals surface area contributed by atoms with Crippen LogP contribution < -0.4 is 14.8 Å². The van der Waals surface area contributed by atoms with Gasteiger partial charge in [0.25, 0.3) is 0 Å². The summed E-state index contributed by atoms with van der Waals surface area (Å²) in [6.07, 6.45) is 0.763. The highest BCUT2D eigenvalue weighted by Gasteiger charge is 2.21. The maximum Gasteiger partial charge on any atom is 0.306 e. The number of para-hydroxylation sites is 1. The molecular formula is C26H34N2O6. The third-order valence-corrected chi connectivity index (χ3v) is 5.73. The van der Waals surface area contributed by atoms with Gasteiger partial charge in [-0.1, -0.05) is 30.3 Å². The number of esters is 1. The Kier molecular flexibility index (Phi) is 10.2. The quantitative estimate of drug-likeness (QED) is 0.431. The molecule has 1 aliphatic rings. The van der Waals surface area contributed by atoms with Crippen molar-refractivity contribution in [1.29, 1.82) is 0 Å². The SMILES string of the molecule is COc1cccc(CCc2ccccc2OCC(CN2CCNCC2)OC(=O)CCC(=O)O)c1. The number of nitrogens with zero attached hydrogens (tertiary/aromatic N) is 1. The van der Waals surface area contributed by atoms with Crippen LogP contribution in [0.3, 0.4) is 0 Å². The fourth-order valence-corrected chi connectivity index (χ4v) is 3.90. The van der Waals surface area contributed by atoms with Crippen molar-refractivity contribution in [3.05, 3.63) is 59.7 Å². The van der Waals surface area contributed by atoms with Crippen molar-refractivity contribution in [3.8, 4) is 11.5 Å². The molecule has 8 heteroatoms. The second-order valence-corrected chi connectivity index (χ2v) is 8.33. The summed E-state index contributed by atoms with van der Waals surface area (Å²) in [6.45, 7) is 4.24. The number of carboxylic acids is 1. The molecule has 0 saturated carbocycles. The minimum Gasteiger partial charge on any atom is -0.497 e. The fraction of sp³-hybridized carbons (Fsp3) is 0.462. The lowest BCUT2D eigenvalue weighted by atomic mass is 10.0. The number of aryl methyl sites for hydroxylation is 2. The molecule has 8 nitrogen and oxygen atoms in total. The zero-order valence-corrected chi connectivity index (χ0v) is 19.7. The second kappa shape index (κ2) is 13.6. The van der Waals surface area contributed by atoms with E-state index < -0.39 is 18.0 Å². The Morgan fingerprint density at radius 2 is 1.85 bits per heavy atom. The number of piperazine rings is 1. The Hall–Kier alpha value is -3.10. The van der Waals surface area contributed by atoms with E-state index in [1.165, 1.54) is 5.56 Å². The maximum absolute atomic E-state index is 12.2. The molecule has 3 rings (SSSR count). The maximum atomic E-state index is 12.2. The van der Waals surface area contributed by atoms with Gasteiger partial charge in [0.2, 0.25) is 0 Å². The number of nitrogens with one attached hydrogen (secondary N) is 1. The number of carbonyl (C=O) groups excluding carboxylic acids is 1. The van der Waals surface area contributed by atoms with Crippen molar-refractivity contribution >= 4 is 11.9 Å². The first kappa shape index (κ1) is 25.5. The molecule has 0 aliphatic carbocycles. The van der Waals surface area contributed by atoms with E-state index in [2.05, 4.69) is 16.3 Å². The average molecular weight is 471 g/mol. The molecule has 1 unspecified atom stereocenters. The van der Waals surface area contributed by atoms with Gasteiger partial charge < -0.3 is 24.6 Å². The van der Waals surface area contributed by atoms with Crippen LogP contribution in [0.4, 0.5) is 0 Å². The Balaban J connectivity index is 1.61. The van der Waals surface area contributed by atoms with E-state index in [-0.39, 0.29) is 19.4 Å². The number of methoxy groups -OCH3 is 1. The van der Waals surface area contributed by atoms with Gasteiger partial charge in [0.15, 0.2) is 0 Å². The fourth-order valence-electron chi connectivity index (χ4n) is 3.90. The predicted molar refractivity (Wildman–Crippen MR) is 128 cm³/mol. The standard InChI is InChI=1S/C26H34N2O6/c1-32-22-7-4-5-20(17-22)9-10-21-6-2-3-8-24(21)33-19-23(18-28-15-13-27-14-16-28)34-26(31)12-11-25(29)30/h2-8,17,23,27H,9-16,18-19H2,1H3,(H,29,30). The minimum atomic E-state index is -1.02. The van der Waals surface area contributed by atoms with Gasteiger partial charge in [-0.25, -0.2) is 0 Å². The van der Waals surface area contributed by atoms with Crippen LogP contribution in [0.2, 0.25) is 0 Å². The molecule has 0 bridgehead atoms. The number of aliphatic carboxylic acids is 1. The zero-order valence-electron chi connectivity index (χ0n) is 19.7. The smallest absolute Gasteiger partial charge is 0.306 e. The van der Waals surface area contributed by atoms with Gasteiger partial charge in [-0.05, 0) is 42.2 Å². The minimum absolute atomic E-state index is 0.148. The molecule has 34 heavy (non-hydrogen) atoms. The van der Waals surface area contributed by atoms with Gasteiger partial charge in [0, 0.05) is 32.7 Å². The van der Waals surface area contributed by atoms with Crippen LogP contribution in [0.25, 0.3) is 0 Å². The van der Waals surface area contributed by atoms with Gasteiger partial charge in [0.1, 0.15) is 24.2 Å². The Morgan fingerprint density at radius 3 is 2.62 bits per heavy atom. The summed E-state index contributed by atoms with van der Waals surface area (Å²) >= 11 is 0. The summed E-state index contributed by atoms with van der Waals surface area (Å²) in [6, 6.07) is 15.9. The lowest BCUT2D eigenvalue weighted by molar-refractivity contribution is -0.154. The monoisotopic (exact) mass is 470 g/mol. The van der Waals surface area contributed by atoms with Gasteiger partial charge in [0.05, 0.1) is 20.0 Å². The molecule has 2 aromatic carbocycles. The number of benzene rings is 2. The van der Waals surface area contributed by atoms with Gasteiger partial charge in [-0.2, -0.15) is 0 Å². The van der Waals surface area contributed by atoms with Crippen molar-refractivity contribution in [2.45, 2.75) is 31.8 Å². The number of carbonyl (C=O) groups is 2. The summed E-state index contributed by atoms with van der Waals surface area (Å²) in [4.78, 5) is 25.2. The highest BCUT2D eigenvalue weighted by molar-refractivity contribution is 5.76. The first-order chi connectivity index (χ1) is 16.5. The van der Waals surface area contributed by atoms with Crippen molar-refractivity contribution in [3.63, 3.8) is 0 Å². The molecule has 0 aromatic heterocycles. The number of rotatable bonds is 13. The molecule has 1 heterocycles. The summed E-state index contributed by atoms with van der Waals surface area (Å²) in [5.41, 5.74) is 2.25. The molecule has 0 amide bonds. The number of ether oxygens (including phenoxy) is 3. The molecule has 0 spiro atoms. The Bertz CT molecular complexity index is 929. The van der Waals surface area contributed by atoms with Gasteiger partial charge >= 0.3 is 11.9 Å². The van der Waals surface area contributed by atoms with E-state index in [9.17, 15) is 9.59 Å². The topological polar surface area (TPSA) is 97.3 Å². The highest BCUT2D eigenvalue weighted by Crippen LogP contribution is 2.22. The van der Waals surface area contributed by atoms with Gasteiger partial charge in [-0.15, -0.1) is 0 Å². The van der Waals surface area contributed by atoms with Crippen molar-refractivity contribution in [1.82, 2.24) is 10.2 Å². The second-order valence-electron chi connectivity index (χ2n) is 8.33. The van der Waals surface area contributed by atoms with E-state index in [1.807, 2.05) is 42.5 Å². The summed E-state index contributed by atoms with van der Waals surface area (Å²) < 4.78 is 17.1. The third-order valence-electron chi connectivity index (χ3n) is 5.73. The van der Waals surface area contributed by atoms with Crippen LogP contribution in [-0.2, 0) is 27.2 Å². The van der Waals surface area contributed by atoms with E-state index in [1.54, 1.807) is 7.11 Å². The van der Waals surface area contributed by atoms with Gasteiger partial charge in [-0.3, -0.25) is 14.5 Å². The first-order valence-corrected chi connectivity index (χ1v) is 11.7. The molecule has 184 valence electrons. The van der Waals surface area contributed by atoms with Crippen molar-refractivity contribution in [2.24, 2.45) is 0 Å². The van der Waals surface area contributed by atoms with E-state index in [4.69, 9.17) is 19.3 Å². The largest absolute Gasteiger partial charge is 0.497 e. The third kappa shape index (κ3) is 8.68. The van der Waals surface area contributed by atoms with Crippen molar-refractivity contribution < 1.29 is 28.9 Å². The average Bonchev–Trinajstić information content (AvgIpc) is 2.86. The molecule has 1 aliphatic heterocycles. The Labute approximate surface area is 200 Å². The molecule has 1 saturated heterocycles. The summed E-state index contributed by atoms with van der Waals surface area (Å²) in [7, 11) is 1.66. The van der Waals surface area contributed by atoms with Crippen LogP contribution in [-0.4, -0.2) is 74.5 Å². The van der Waals surface area contributed by atoms with Crippen LogP contribution in [0.5, 0.6) is 11.5 Å². The zero-order chi connectivity index (χ0) is 24.2. The number of carboxylic acid groups (broad SMARTS) is 1. The number of hydrogen-bond donors (Lipinski definition) is 2. The van der Waals surface area contributed by atoms with Crippen LogP contribution >= 0.6 is 0 Å². The summed E-state index contributed by atoms with van der Waals surface area (Å²) in [5.74, 6) is 0.0639. The molecule has 1 atom stereocenters. The molecule has 0 radical (unpaired) electrons. The van der Waals surface area contributed by atoms with E-state index in [0.717, 1.165) is 56.1 Å². The Morgan fingerprint density at radius 1 is 1.06 bits per heavy atom. The molecular weight excluding hydrogens is 436 g/mol. The number of hydrogen-bond acceptors (Lipinski definition) is 7. The molecule has 1 fully saturated rings. The van der Waals surface area contributed by atoms with Crippen molar-refractivity contribution in [2.75, 3.05) is 46.4 Å². The highest BCUT2D eigenvalue weighted by atomic mass is 16.6. The van der Waals surface area contributed by atoms with Crippen LogP contribution in [0.1, 0.15) is 24.0 Å².